The molecular weight excluding hydrogens is 333 g/mol. The van der Waals surface area contributed by atoms with E-state index in [1.807, 2.05) is 29.2 Å². The van der Waals surface area contributed by atoms with E-state index < -0.39 is 17.7 Å². The minimum Gasteiger partial charge on any atom is -0.480 e. The normalized spacial score (nSPS) is 17.2. The number of carbonyl (C=O) groups is 1. The first kappa shape index (κ1) is 17.3. The number of anilines is 2. The monoisotopic (exact) mass is 350 g/mol. The van der Waals surface area contributed by atoms with Gasteiger partial charge in [-0.3, -0.25) is 4.79 Å². The van der Waals surface area contributed by atoms with Gasteiger partial charge < -0.3 is 15.3 Å². The number of hydrogen-bond acceptors (Lipinski definition) is 3. The fourth-order valence-corrected chi connectivity index (χ4v) is 3.04. The molecule has 2 aromatic rings. The van der Waals surface area contributed by atoms with E-state index in [1.165, 1.54) is 12.1 Å². The van der Waals surface area contributed by atoms with Crippen molar-refractivity contribution in [2.75, 3.05) is 18.0 Å². The number of aliphatic carboxylic acids is 1. The van der Waals surface area contributed by atoms with Crippen LogP contribution >= 0.6 is 0 Å². The Bertz CT molecular complexity index is 760. The Balaban J connectivity index is 1.89. The highest BCUT2D eigenvalue weighted by Gasteiger charge is 2.31. The molecule has 0 radical (unpaired) electrons. The van der Waals surface area contributed by atoms with Gasteiger partial charge in [0.25, 0.3) is 0 Å². The van der Waals surface area contributed by atoms with Gasteiger partial charge in [0, 0.05) is 24.0 Å². The predicted octanol–water partition coefficient (Wildman–Crippen LogP) is 3.44. The van der Waals surface area contributed by atoms with E-state index in [1.54, 1.807) is 0 Å². The van der Waals surface area contributed by atoms with E-state index in [0.717, 1.165) is 23.4 Å². The van der Waals surface area contributed by atoms with Gasteiger partial charge >= 0.3 is 12.1 Å². The third-order valence-corrected chi connectivity index (χ3v) is 4.20. The smallest absolute Gasteiger partial charge is 0.416 e. The highest BCUT2D eigenvalue weighted by Crippen LogP contribution is 2.35. The standard InChI is InChI=1S/C18H17F3N2O2/c19-18(20,21)13-5-7-15(8-6-13)23-11-14(22-10-17(24)25)9-12-3-1-2-4-16(12)23/h1-8,14,22H,9-11H2,(H,24,25). The zero-order valence-electron chi connectivity index (χ0n) is 13.3. The Labute approximate surface area is 142 Å². The zero-order chi connectivity index (χ0) is 18.0. The Kier molecular flexibility index (Phi) is 4.67. The van der Waals surface area contributed by atoms with Crippen LogP contribution in [0.4, 0.5) is 24.5 Å². The maximum atomic E-state index is 12.8. The van der Waals surface area contributed by atoms with Gasteiger partial charge in [-0.25, -0.2) is 0 Å². The summed E-state index contributed by atoms with van der Waals surface area (Å²) in [6.45, 7) is 0.323. The molecule has 0 bridgehead atoms. The lowest BCUT2D eigenvalue weighted by atomic mass is 9.97. The van der Waals surface area contributed by atoms with E-state index >= 15 is 0 Å². The zero-order valence-corrected chi connectivity index (χ0v) is 13.3. The van der Waals surface area contributed by atoms with Crippen molar-refractivity contribution < 1.29 is 23.1 Å². The molecule has 1 heterocycles. The molecule has 1 atom stereocenters. The van der Waals surface area contributed by atoms with E-state index in [9.17, 15) is 18.0 Å². The van der Waals surface area contributed by atoms with Gasteiger partial charge in [0.15, 0.2) is 0 Å². The van der Waals surface area contributed by atoms with Crippen molar-refractivity contribution in [1.29, 1.82) is 0 Å². The minimum absolute atomic E-state index is 0.103. The van der Waals surface area contributed by atoms with E-state index in [4.69, 9.17) is 5.11 Å². The summed E-state index contributed by atoms with van der Waals surface area (Å²) in [6.07, 6.45) is -3.70. The summed E-state index contributed by atoms with van der Waals surface area (Å²) >= 11 is 0. The van der Waals surface area contributed by atoms with Gasteiger partial charge in [0.05, 0.1) is 12.1 Å². The number of halogens is 3. The van der Waals surface area contributed by atoms with Crippen molar-refractivity contribution in [2.24, 2.45) is 0 Å². The number of carboxylic acids is 1. The number of nitrogens with one attached hydrogen (secondary N) is 1. The summed E-state index contributed by atoms with van der Waals surface area (Å²) in [5.74, 6) is -0.945. The summed E-state index contributed by atoms with van der Waals surface area (Å²) in [6, 6.07) is 12.5. The topological polar surface area (TPSA) is 52.6 Å². The Morgan fingerprint density at radius 1 is 1.16 bits per heavy atom. The summed E-state index contributed by atoms with van der Waals surface area (Å²) in [7, 11) is 0. The molecule has 0 saturated heterocycles. The molecule has 25 heavy (non-hydrogen) atoms. The van der Waals surface area contributed by atoms with Crippen LogP contribution in [0.5, 0.6) is 0 Å². The molecule has 0 saturated carbocycles. The molecule has 3 rings (SSSR count). The third-order valence-electron chi connectivity index (χ3n) is 4.20. The Morgan fingerprint density at radius 3 is 2.48 bits per heavy atom. The van der Waals surface area contributed by atoms with Crippen LogP contribution in [0, 0.1) is 0 Å². The number of carboxylic acid groups (broad SMARTS) is 1. The maximum absolute atomic E-state index is 12.8. The summed E-state index contributed by atoms with van der Waals surface area (Å²) in [4.78, 5) is 12.7. The molecule has 4 nitrogen and oxygen atoms in total. The number of nitrogens with zero attached hydrogens (tertiary/aromatic N) is 1. The van der Waals surface area contributed by atoms with Gasteiger partial charge in [0.1, 0.15) is 0 Å². The van der Waals surface area contributed by atoms with Crippen LogP contribution in [0.15, 0.2) is 48.5 Å². The quantitative estimate of drug-likeness (QED) is 0.887. The van der Waals surface area contributed by atoms with Crippen molar-refractivity contribution in [1.82, 2.24) is 5.32 Å². The number of hydrogen-bond donors (Lipinski definition) is 2. The Hall–Kier alpha value is -2.54. The molecule has 1 aliphatic heterocycles. The van der Waals surface area contributed by atoms with Crippen molar-refractivity contribution in [2.45, 2.75) is 18.6 Å². The van der Waals surface area contributed by atoms with Gasteiger partial charge in [0.2, 0.25) is 0 Å². The minimum atomic E-state index is -4.37. The molecule has 132 valence electrons. The van der Waals surface area contributed by atoms with Crippen molar-refractivity contribution in [3.05, 3.63) is 59.7 Å². The second-order valence-electron chi connectivity index (χ2n) is 5.96. The number of rotatable bonds is 4. The molecule has 0 aliphatic carbocycles. The molecule has 0 spiro atoms. The van der Waals surface area contributed by atoms with Crippen LogP contribution in [0.3, 0.4) is 0 Å². The van der Waals surface area contributed by atoms with Crippen LogP contribution < -0.4 is 10.2 Å². The van der Waals surface area contributed by atoms with E-state index in [-0.39, 0.29) is 12.6 Å². The van der Waals surface area contributed by atoms with Crippen LogP contribution in [0.1, 0.15) is 11.1 Å². The molecule has 0 amide bonds. The number of alkyl halides is 3. The van der Waals surface area contributed by atoms with Crippen LogP contribution in [-0.4, -0.2) is 30.2 Å². The lowest BCUT2D eigenvalue weighted by Gasteiger charge is -2.36. The first-order chi connectivity index (χ1) is 11.8. The Morgan fingerprint density at radius 2 is 1.84 bits per heavy atom. The summed E-state index contributed by atoms with van der Waals surface area (Å²) in [5.41, 5.74) is 1.90. The molecule has 1 unspecified atom stereocenters. The van der Waals surface area contributed by atoms with Gasteiger partial charge in [-0.15, -0.1) is 0 Å². The van der Waals surface area contributed by atoms with Gasteiger partial charge in [-0.1, -0.05) is 18.2 Å². The molecule has 1 aliphatic rings. The fourth-order valence-electron chi connectivity index (χ4n) is 3.04. The number of benzene rings is 2. The molecule has 7 heteroatoms. The molecular formula is C18H17F3N2O2. The lowest BCUT2D eigenvalue weighted by molar-refractivity contribution is -0.138. The highest BCUT2D eigenvalue weighted by molar-refractivity contribution is 5.70. The van der Waals surface area contributed by atoms with Crippen molar-refractivity contribution >= 4 is 17.3 Å². The fraction of sp³-hybridized carbons (Fsp3) is 0.278. The largest absolute Gasteiger partial charge is 0.480 e. The van der Waals surface area contributed by atoms with Crippen LogP contribution in [0.25, 0.3) is 0 Å². The van der Waals surface area contributed by atoms with Gasteiger partial charge in [-0.2, -0.15) is 13.2 Å². The SMILES string of the molecule is O=C(O)CNC1Cc2ccccc2N(c2ccc(C(F)(F)F)cc2)C1. The molecule has 0 aromatic heterocycles. The molecule has 2 aromatic carbocycles. The van der Waals surface area contributed by atoms with Crippen LogP contribution in [0.2, 0.25) is 0 Å². The highest BCUT2D eigenvalue weighted by atomic mass is 19.4. The van der Waals surface area contributed by atoms with Crippen LogP contribution in [-0.2, 0) is 17.4 Å². The number of para-hydroxylation sites is 1. The maximum Gasteiger partial charge on any atom is 0.416 e. The molecule has 2 N–H and O–H groups in total. The second kappa shape index (κ2) is 6.76. The molecule has 0 fully saturated rings. The van der Waals surface area contributed by atoms with Crippen molar-refractivity contribution in [3.8, 4) is 0 Å². The lowest BCUT2D eigenvalue weighted by Crippen LogP contribution is -2.46. The average Bonchev–Trinajstić information content (AvgIpc) is 2.58. The van der Waals surface area contributed by atoms with E-state index in [0.29, 0.717) is 18.7 Å². The first-order valence-electron chi connectivity index (χ1n) is 7.82. The predicted molar refractivity (Wildman–Crippen MR) is 88.0 cm³/mol. The average molecular weight is 350 g/mol. The number of fused-ring (bicyclic) bond motifs is 1. The summed E-state index contributed by atoms with van der Waals surface area (Å²) < 4.78 is 38.3. The summed E-state index contributed by atoms with van der Waals surface area (Å²) in [5, 5.41) is 11.8. The third kappa shape index (κ3) is 3.93. The first-order valence-corrected chi connectivity index (χ1v) is 7.82. The second-order valence-corrected chi connectivity index (χ2v) is 5.96. The van der Waals surface area contributed by atoms with Crippen molar-refractivity contribution in [3.63, 3.8) is 0 Å². The van der Waals surface area contributed by atoms with E-state index in [2.05, 4.69) is 5.32 Å². The van der Waals surface area contributed by atoms with Gasteiger partial charge in [-0.05, 0) is 42.3 Å².